The molecule has 0 bridgehead atoms. The summed E-state index contributed by atoms with van der Waals surface area (Å²) in [6.07, 6.45) is -2.78. The molecule has 1 fully saturated rings. The van der Waals surface area contributed by atoms with Crippen LogP contribution < -0.4 is 19.9 Å². The van der Waals surface area contributed by atoms with Gasteiger partial charge in [-0.15, -0.1) is 13.8 Å². The van der Waals surface area contributed by atoms with E-state index in [9.17, 15) is 13.6 Å². The van der Waals surface area contributed by atoms with Gasteiger partial charge in [0, 0.05) is 44.8 Å². The van der Waals surface area contributed by atoms with Gasteiger partial charge in [0.2, 0.25) is 5.52 Å². The highest BCUT2D eigenvalue weighted by atomic mass is 19.3. The third kappa shape index (κ3) is 4.17. The number of alkyl halides is 2. The minimum absolute atomic E-state index is 0.0350. The van der Waals surface area contributed by atoms with Gasteiger partial charge in [0.15, 0.2) is 11.5 Å². The number of halogens is 2. The number of nitrogens with zero attached hydrogens (tertiary/aromatic N) is 5. The molecule has 5 rings (SSSR count). The van der Waals surface area contributed by atoms with E-state index in [1.54, 1.807) is 41.9 Å². The van der Waals surface area contributed by atoms with Crippen LogP contribution in [0.4, 0.5) is 20.3 Å². The summed E-state index contributed by atoms with van der Waals surface area (Å²) < 4.78 is 37.5. The Balaban J connectivity index is 1.43. The van der Waals surface area contributed by atoms with E-state index in [2.05, 4.69) is 43.0 Å². The topological polar surface area (TPSA) is 64.2 Å². The van der Waals surface area contributed by atoms with E-state index in [0.29, 0.717) is 30.7 Å². The molecule has 2 aliphatic heterocycles. The first-order valence-electron chi connectivity index (χ1n) is 11.5. The number of hydrogen-bond acceptors (Lipinski definition) is 6. The van der Waals surface area contributed by atoms with Crippen LogP contribution in [0.1, 0.15) is 25.8 Å². The van der Waals surface area contributed by atoms with E-state index in [-0.39, 0.29) is 35.0 Å². The molecule has 0 amide bonds. The summed E-state index contributed by atoms with van der Waals surface area (Å²) in [4.78, 5) is 25.2. The lowest BCUT2D eigenvalue weighted by atomic mass is 10.0. The maximum Gasteiger partial charge on any atom is 0.586 e. The van der Waals surface area contributed by atoms with Gasteiger partial charge in [0.25, 0.3) is 11.4 Å². The monoisotopic (exact) mass is 481 g/mol. The SMILES string of the molecule is [C-]#[N+]c1ccc2c(n1)c(N1C[C@@H](CC)N(Cc3ccc4c(c3)OC(F)(F)O4)C[C@@H]1C)cc(=O)n2C. The van der Waals surface area contributed by atoms with Gasteiger partial charge in [-0.1, -0.05) is 19.6 Å². The fourth-order valence-electron chi connectivity index (χ4n) is 4.94. The second-order valence-corrected chi connectivity index (χ2v) is 9.02. The third-order valence-electron chi connectivity index (χ3n) is 6.76. The molecule has 0 N–H and O–H groups in total. The average Bonchev–Trinajstić information content (AvgIpc) is 3.14. The van der Waals surface area contributed by atoms with Crippen LogP contribution in [0.3, 0.4) is 0 Å². The van der Waals surface area contributed by atoms with Crippen LogP contribution in [-0.2, 0) is 13.6 Å². The highest BCUT2D eigenvalue weighted by Crippen LogP contribution is 2.41. The summed E-state index contributed by atoms with van der Waals surface area (Å²) in [5.74, 6) is 0.359. The molecule has 0 radical (unpaired) electrons. The second-order valence-electron chi connectivity index (χ2n) is 9.02. The average molecular weight is 482 g/mol. The molecule has 2 aliphatic rings. The Labute approximate surface area is 201 Å². The smallest absolute Gasteiger partial charge is 0.395 e. The number of pyridine rings is 2. The van der Waals surface area contributed by atoms with Gasteiger partial charge >= 0.3 is 6.29 Å². The van der Waals surface area contributed by atoms with Crippen molar-refractivity contribution in [3.8, 4) is 11.5 Å². The van der Waals surface area contributed by atoms with Crippen LogP contribution in [0.2, 0.25) is 0 Å². The predicted molar refractivity (Wildman–Crippen MR) is 127 cm³/mol. The summed E-state index contributed by atoms with van der Waals surface area (Å²) in [7, 11) is 1.70. The summed E-state index contributed by atoms with van der Waals surface area (Å²) in [5, 5.41) is 0. The van der Waals surface area contributed by atoms with Crippen LogP contribution in [-0.4, -0.2) is 45.9 Å². The van der Waals surface area contributed by atoms with Crippen molar-refractivity contribution < 1.29 is 18.3 Å². The molecule has 8 nitrogen and oxygen atoms in total. The normalized spacial score (nSPS) is 21.3. The minimum Gasteiger partial charge on any atom is -0.395 e. The lowest BCUT2D eigenvalue weighted by Gasteiger charge is -2.46. The largest absolute Gasteiger partial charge is 0.586 e. The van der Waals surface area contributed by atoms with Crippen molar-refractivity contribution in [2.45, 2.75) is 45.2 Å². The summed E-state index contributed by atoms with van der Waals surface area (Å²) >= 11 is 0. The lowest BCUT2D eigenvalue weighted by Crippen LogP contribution is -2.57. The Morgan fingerprint density at radius 1 is 1.17 bits per heavy atom. The van der Waals surface area contributed by atoms with Gasteiger partial charge in [-0.2, -0.15) is 0 Å². The summed E-state index contributed by atoms with van der Waals surface area (Å²) in [6, 6.07) is 10.1. The van der Waals surface area contributed by atoms with E-state index in [4.69, 9.17) is 6.57 Å². The molecule has 182 valence electrons. The number of hydrogen-bond donors (Lipinski definition) is 0. The van der Waals surface area contributed by atoms with Crippen molar-refractivity contribution in [1.82, 2.24) is 14.5 Å². The molecule has 0 unspecified atom stereocenters. The maximum atomic E-state index is 13.4. The zero-order valence-electron chi connectivity index (χ0n) is 19.7. The first-order chi connectivity index (χ1) is 16.7. The Morgan fingerprint density at radius 2 is 1.94 bits per heavy atom. The van der Waals surface area contributed by atoms with Gasteiger partial charge in [0.05, 0.1) is 11.2 Å². The fourth-order valence-corrected chi connectivity index (χ4v) is 4.94. The molecule has 0 aliphatic carbocycles. The molecule has 3 aromatic rings. The fraction of sp³-hybridized carbons (Fsp3) is 0.400. The molecule has 35 heavy (non-hydrogen) atoms. The van der Waals surface area contributed by atoms with Crippen LogP contribution in [0.25, 0.3) is 15.9 Å². The van der Waals surface area contributed by atoms with Crippen molar-refractivity contribution in [2.24, 2.45) is 7.05 Å². The minimum atomic E-state index is -3.64. The first kappa shape index (κ1) is 23.1. The van der Waals surface area contributed by atoms with E-state index in [1.165, 1.54) is 6.07 Å². The quantitative estimate of drug-likeness (QED) is 0.518. The number of anilines is 1. The number of fused-ring (bicyclic) bond motifs is 2. The number of rotatable bonds is 4. The van der Waals surface area contributed by atoms with Crippen LogP contribution in [0.5, 0.6) is 11.5 Å². The van der Waals surface area contributed by atoms with Crippen LogP contribution in [0.15, 0.2) is 41.2 Å². The molecule has 2 atom stereocenters. The van der Waals surface area contributed by atoms with Gasteiger partial charge < -0.3 is 23.8 Å². The van der Waals surface area contributed by atoms with Crippen molar-refractivity contribution in [3.63, 3.8) is 0 Å². The van der Waals surface area contributed by atoms with Crippen molar-refractivity contribution in [2.75, 3.05) is 18.0 Å². The highest BCUT2D eigenvalue weighted by molar-refractivity contribution is 5.89. The van der Waals surface area contributed by atoms with Gasteiger partial charge in [-0.05, 0) is 43.2 Å². The molecule has 2 aromatic heterocycles. The molecule has 1 aromatic carbocycles. The summed E-state index contributed by atoms with van der Waals surface area (Å²) in [6.45, 7) is 13.5. The highest BCUT2D eigenvalue weighted by Gasteiger charge is 2.43. The number of aryl methyl sites for hydroxylation is 1. The molecule has 0 saturated carbocycles. The van der Waals surface area contributed by atoms with Crippen LogP contribution in [0, 0.1) is 6.57 Å². The Hall–Kier alpha value is -3.71. The van der Waals surface area contributed by atoms with E-state index in [0.717, 1.165) is 17.7 Å². The molecule has 1 saturated heterocycles. The van der Waals surface area contributed by atoms with Crippen molar-refractivity contribution in [1.29, 1.82) is 0 Å². The standard InChI is InChI=1S/C25H25F2N5O3/c1-5-17-14-32(19-11-23(33)30(4)18-7-9-22(28-3)29-24(18)19)15(2)12-31(17)13-16-6-8-20-21(10-16)35-25(26,27)34-20/h6-11,15,17H,5,12-14H2,1-2,4H3/t15-,17+/m0/s1. The number of benzene rings is 1. The molecule has 4 heterocycles. The zero-order chi connectivity index (χ0) is 24.9. The number of aromatic nitrogens is 2. The zero-order valence-corrected chi connectivity index (χ0v) is 19.7. The Kier molecular flexibility index (Phi) is 5.60. The van der Waals surface area contributed by atoms with E-state index >= 15 is 0 Å². The van der Waals surface area contributed by atoms with Crippen molar-refractivity contribution >= 4 is 22.5 Å². The van der Waals surface area contributed by atoms with Crippen LogP contribution >= 0.6 is 0 Å². The third-order valence-corrected chi connectivity index (χ3v) is 6.76. The molecule has 10 heteroatoms. The maximum absolute atomic E-state index is 13.4. The second kappa shape index (κ2) is 8.50. The number of piperazine rings is 1. The predicted octanol–water partition coefficient (Wildman–Crippen LogP) is 4.30. The van der Waals surface area contributed by atoms with E-state index in [1.807, 2.05) is 0 Å². The van der Waals surface area contributed by atoms with Gasteiger partial charge in [0.1, 0.15) is 0 Å². The Bertz CT molecular complexity index is 1400. The molecular formula is C25H25F2N5O3. The van der Waals surface area contributed by atoms with Gasteiger partial charge in [-0.3, -0.25) is 9.69 Å². The lowest BCUT2D eigenvalue weighted by molar-refractivity contribution is -0.286. The molecular weight excluding hydrogens is 456 g/mol. The van der Waals surface area contributed by atoms with Gasteiger partial charge in [-0.25, -0.2) is 0 Å². The molecule has 0 spiro atoms. The summed E-state index contributed by atoms with van der Waals surface area (Å²) in [5.41, 5.74) is 2.76. The number of ether oxygens (including phenoxy) is 2. The Morgan fingerprint density at radius 3 is 2.69 bits per heavy atom. The van der Waals surface area contributed by atoms with E-state index < -0.39 is 6.29 Å². The van der Waals surface area contributed by atoms with Crippen molar-refractivity contribution in [3.05, 3.63) is 63.7 Å². The first-order valence-corrected chi connectivity index (χ1v) is 11.5.